The summed E-state index contributed by atoms with van der Waals surface area (Å²) in [5.41, 5.74) is 1.95. The molecule has 5 rings (SSSR count). The van der Waals surface area contributed by atoms with Crippen LogP contribution in [0.4, 0.5) is 5.69 Å². The Morgan fingerprint density at radius 2 is 1.51 bits per heavy atom. The number of rotatable bonds is 9. The molecule has 0 bridgehead atoms. The summed E-state index contributed by atoms with van der Waals surface area (Å²) in [4.78, 5) is 26.5. The fourth-order valence-corrected chi connectivity index (χ4v) is 3.91. The number of nitrogens with zero attached hydrogens (tertiary/aromatic N) is 1. The van der Waals surface area contributed by atoms with Crippen LogP contribution in [-0.2, 0) is 0 Å². The fraction of sp³-hybridized carbons (Fsp3) is 0.138. The molecule has 8 heteroatoms. The standard InChI is InChI=1S/C29H24N2O6/c1-3-34-20-13-9-18(10-14-20)25-17-23(31-37-25)29(33)30-26-22-7-5-6-8-24(22)36-28(26)27(32)19-11-15-21(16-12-19)35-4-2/h5-17H,3-4H2,1-2H3,(H,30,33). The van der Waals surface area contributed by atoms with Crippen LogP contribution in [0.5, 0.6) is 11.5 Å². The minimum absolute atomic E-state index is 0.0222. The molecule has 8 nitrogen and oxygen atoms in total. The number of carbonyl (C=O) groups excluding carboxylic acids is 2. The summed E-state index contributed by atoms with van der Waals surface area (Å²) in [5, 5.41) is 7.32. The molecule has 0 radical (unpaired) electrons. The molecule has 2 aromatic heterocycles. The summed E-state index contributed by atoms with van der Waals surface area (Å²) in [5.74, 6) is 0.940. The normalized spacial score (nSPS) is 10.9. The molecule has 1 amide bonds. The molecule has 0 saturated heterocycles. The molecular formula is C29H24N2O6. The number of carbonyl (C=O) groups is 2. The Morgan fingerprint density at radius 1 is 0.865 bits per heavy atom. The van der Waals surface area contributed by atoms with E-state index in [1.807, 2.05) is 38.1 Å². The summed E-state index contributed by atoms with van der Waals surface area (Å²) in [6.45, 7) is 4.89. The maximum Gasteiger partial charge on any atom is 0.277 e. The summed E-state index contributed by atoms with van der Waals surface area (Å²) >= 11 is 0. The third-order valence-corrected chi connectivity index (χ3v) is 5.66. The maximum absolute atomic E-state index is 13.4. The number of amides is 1. The number of hydrogen-bond donors (Lipinski definition) is 1. The number of anilines is 1. The van der Waals surface area contributed by atoms with E-state index in [2.05, 4.69) is 10.5 Å². The van der Waals surface area contributed by atoms with Crippen LogP contribution in [0.3, 0.4) is 0 Å². The van der Waals surface area contributed by atoms with Crippen LogP contribution in [0.25, 0.3) is 22.3 Å². The van der Waals surface area contributed by atoms with Crippen molar-refractivity contribution in [3.63, 3.8) is 0 Å². The third-order valence-electron chi connectivity index (χ3n) is 5.66. The van der Waals surface area contributed by atoms with E-state index in [9.17, 15) is 9.59 Å². The highest BCUT2D eigenvalue weighted by atomic mass is 16.5. The summed E-state index contributed by atoms with van der Waals surface area (Å²) in [7, 11) is 0. The van der Waals surface area contributed by atoms with E-state index in [1.165, 1.54) is 0 Å². The molecule has 0 aliphatic rings. The highest BCUT2D eigenvalue weighted by molar-refractivity contribution is 6.18. The van der Waals surface area contributed by atoms with Crippen LogP contribution in [0.2, 0.25) is 0 Å². The molecule has 0 fully saturated rings. The molecule has 0 atom stereocenters. The van der Waals surface area contributed by atoms with Gasteiger partial charge in [-0.05, 0) is 74.5 Å². The van der Waals surface area contributed by atoms with E-state index in [0.29, 0.717) is 41.3 Å². The number of benzene rings is 3. The van der Waals surface area contributed by atoms with E-state index in [0.717, 1.165) is 11.3 Å². The Bertz CT molecular complexity index is 1550. The topological polar surface area (TPSA) is 104 Å². The van der Waals surface area contributed by atoms with Crippen LogP contribution in [0.1, 0.15) is 40.5 Å². The highest BCUT2D eigenvalue weighted by Crippen LogP contribution is 2.33. The van der Waals surface area contributed by atoms with Gasteiger partial charge in [-0.15, -0.1) is 0 Å². The second kappa shape index (κ2) is 10.4. The second-order valence-corrected chi connectivity index (χ2v) is 8.08. The molecule has 0 unspecified atom stereocenters. The van der Waals surface area contributed by atoms with Crippen molar-refractivity contribution in [2.75, 3.05) is 18.5 Å². The number of fused-ring (bicyclic) bond motifs is 1. The Kier molecular flexibility index (Phi) is 6.72. The number of furan rings is 1. The van der Waals surface area contributed by atoms with Gasteiger partial charge in [-0.1, -0.05) is 17.3 Å². The number of para-hydroxylation sites is 1. The maximum atomic E-state index is 13.4. The average molecular weight is 497 g/mol. The minimum atomic E-state index is -0.534. The lowest BCUT2D eigenvalue weighted by atomic mass is 10.1. The van der Waals surface area contributed by atoms with Gasteiger partial charge in [0.05, 0.1) is 18.9 Å². The van der Waals surface area contributed by atoms with E-state index in [-0.39, 0.29) is 22.9 Å². The number of nitrogens with one attached hydrogen (secondary N) is 1. The largest absolute Gasteiger partial charge is 0.494 e. The molecule has 0 aliphatic heterocycles. The summed E-state index contributed by atoms with van der Waals surface area (Å²) in [6.07, 6.45) is 0. The predicted molar refractivity (Wildman–Crippen MR) is 138 cm³/mol. The molecule has 1 N–H and O–H groups in total. The second-order valence-electron chi connectivity index (χ2n) is 8.08. The van der Waals surface area contributed by atoms with Crippen molar-refractivity contribution in [2.24, 2.45) is 0 Å². The van der Waals surface area contributed by atoms with Crippen molar-refractivity contribution in [1.29, 1.82) is 0 Å². The van der Waals surface area contributed by atoms with Crippen molar-refractivity contribution >= 4 is 28.3 Å². The van der Waals surface area contributed by atoms with E-state index in [1.54, 1.807) is 54.6 Å². The Morgan fingerprint density at radius 3 is 2.19 bits per heavy atom. The third kappa shape index (κ3) is 4.95. The van der Waals surface area contributed by atoms with Gasteiger partial charge in [-0.2, -0.15) is 0 Å². The molecule has 37 heavy (non-hydrogen) atoms. The van der Waals surface area contributed by atoms with Crippen molar-refractivity contribution < 1.29 is 28.0 Å². The zero-order chi connectivity index (χ0) is 25.8. The van der Waals surface area contributed by atoms with Crippen LogP contribution >= 0.6 is 0 Å². The van der Waals surface area contributed by atoms with Crippen molar-refractivity contribution in [3.8, 4) is 22.8 Å². The predicted octanol–water partition coefficient (Wildman–Crippen LogP) is 6.37. The molecule has 2 heterocycles. The summed E-state index contributed by atoms with van der Waals surface area (Å²) in [6, 6.07) is 22.7. The van der Waals surface area contributed by atoms with E-state index >= 15 is 0 Å². The molecule has 186 valence electrons. The fourth-order valence-electron chi connectivity index (χ4n) is 3.91. The van der Waals surface area contributed by atoms with Gasteiger partial charge in [0, 0.05) is 22.6 Å². The van der Waals surface area contributed by atoms with Gasteiger partial charge >= 0.3 is 0 Å². The molecular weight excluding hydrogens is 472 g/mol. The quantitative estimate of drug-likeness (QED) is 0.237. The van der Waals surface area contributed by atoms with Crippen LogP contribution < -0.4 is 14.8 Å². The lowest BCUT2D eigenvalue weighted by Gasteiger charge is -2.06. The first-order valence-corrected chi connectivity index (χ1v) is 11.9. The SMILES string of the molecule is CCOc1ccc(C(=O)c2oc3ccccc3c2NC(=O)c2cc(-c3ccc(OCC)cc3)on2)cc1. The number of ketones is 1. The molecule has 0 spiro atoms. The Labute approximate surface area is 212 Å². The van der Waals surface area contributed by atoms with Gasteiger partial charge in [0.15, 0.2) is 17.2 Å². The molecule has 5 aromatic rings. The lowest BCUT2D eigenvalue weighted by Crippen LogP contribution is -2.14. The Hall–Kier alpha value is -4.85. The van der Waals surface area contributed by atoms with Crippen molar-refractivity contribution in [3.05, 3.63) is 95.9 Å². The lowest BCUT2D eigenvalue weighted by molar-refractivity contribution is 0.101. The van der Waals surface area contributed by atoms with Crippen molar-refractivity contribution in [2.45, 2.75) is 13.8 Å². The average Bonchev–Trinajstić information content (AvgIpc) is 3.56. The minimum Gasteiger partial charge on any atom is -0.494 e. The highest BCUT2D eigenvalue weighted by Gasteiger charge is 2.25. The van der Waals surface area contributed by atoms with Crippen LogP contribution in [0.15, 0.2) is 87.8 Å². The Balaban J connectivity index is 1.42. The molecule has 3 aromatic carbocycles. The van der Waals surface area contributed by atoms with Crippen LogP contribution in [-0.4, -0.2) is 30.1 Å². The van der Waals surface area contributed by atoms with Gasteiger partial charge in [0.25, 0.3) is 5.91 Å². The van der Waals surface area contributed by atoms with E-state index in [4.69, 9.17) is 18.4 Å². The van der Waals surface area contributed by atoms with Gasteiger partial charge in [0.1, 0.15) is 17.1 Å². The van der Waals surface area contributed by atoms with Crippen molar-refractivity contribution in [1.82, 2.24) is 5.16 Å². The van der Waals surface area contributed by atoms with Gasteiger partial charge in [-0.3, -0.25) is 9.59 Å². The monoisotopic (exact) mass is 496 g/mol. The first-order chi connectivity index (χ1) is 18.1. The number of ether oxygens (including phenoxy) is 2. The van der Waals surface area contributed by atoms with Gasteiger partial charge in [0.2, 0.25) is 5.78 Å². The number of aromatic nitrogens is 1. The first kappa shape index (κ1) is 23.9. The zero-order valence-electron chi connectivity index (χ0n) is 20.3. The summed E-state index contributed by atoms with van der Waals surface area (Å²) < 4.78 is 22.2. The van der Waals surface area contributed by atoms with Gasteiger partial charge in [-0.25, -0.2) is 0 Å². The molecule has 0 aliphatic carbocycles. The van der Waals surface area contributed by atoms with Crippen LogP contribution in [0, 0.1) is 0 Å². The van der Waals surface area contributed by atoms with E-state index < -0.39 is 5.91 Å². The smallest absolute Gasteiger partial charge is 0.277 e. The first-order valence-electron chi connectivity index (χ1n) is 11.9. The van der Waals surface area contributed by atoms with Gasteiger partial charge < -0.3 is 23.7 Å². The zero-order valence-corrected chi connectivity index (χ0v) is 20.3. The number of hydrogen-bond acceptors (Lipinski definition) is 7. The molecule has 0 saturated carbocycles.